The van der Waals surface area contributed by atoms with Crippen LogP contribution in [0.4, 0.5) is 5.69 Å². The lowest BCUT2D eigenvalue weighted by Gasteiger charge is -2.09. The Hall–Kier alpha value is -0.955. The summed E-state index contributed by atoms with van der Waals surface area (Å²) >= 11 is 0. The van der Waals surface area contributed by atoms with Crippen molar-refractivity contribution in [1.29, 1.82) is 0 Å². The number of nitrogens with zero attached hydrogens (tertiary/aromatic N) is 1. The fourth-order valence-corrected chi connectivity index (χ4v) is 0.979. The van der Waals surface area contributed by atoms with Crippen LogP contribution in [0.5, 0.6) is 0 Å². The molecule has 0 fully saturated rings. The Kier molecular flexibility index (Phi) is 2.55. The van der Waals surface area contributed by atoms with Gasteiger partial charge in [-0.3, -0.25) is 0 Å². The fourth-order valence-electron chi connectivity index (χ4n) is 0.979. The summed E-state index contributed by atoms with van der Waals surface area (Å²) in [6.45, 7) is 0.727. The van der Waals surface area contributed by atoms with Gasteiger partial charge in [0, 0.05) is 12.2 Å². The number of nitrogens with two attached hydrogens (primary N) is 1. The minimum absolute atomic E-state index is 0.727. The molecule has 0 aliphatic rings. The van der Waals surface area contributed by atoms with Gasteiger partial charge in [0.15, 0.2) is 7.98 Å². The predicted octanol–water partition coefficient (Wildman–Crippen LogP) is 0.784. The van der Waals surface area contributed by atoms with Crippen LogP contribution >= 0.6 is 0 Å². The van der Waals surface area contributed by atoms with E-state index in [1.807, 2.05) is 31.3 Å². The molecule has 0 heterocycles. The van der Waals surface area contributed by atoms with Gasteiger partial charge < -0.3 is 10.5 Å². The van der Waals surface area contributed by atoms with Gasteiger partial charge in [-0.05, 0) is 24.7 Å². The fraction of sp³-hybridized carbons (Fsp3) is 0.250. The molecule has 0 saturated carbocycles. The Bertz CT molecular complexity index is 235. The Morgan fingerprint density at radius 3 is 2.82 bits per heavy atom. The molecule has 56 valence electrons. The van der Waals surface area contributed by atoms with Crippen LogP contribution in [0, 0.1) is 0 Å². The lowest BCUT2D eigenvalue weighted by atomic mass is 10.1. The highest BCUT2D eigenvalue weighted by Gasteiger charge is 1.93. The number of rotatable bonds is 2. The highest BCUT2D eigenvalue weighted by atomic mass is 15.0. The second-order valence-electron chi connectivity index (χ2n) is 2.66. The summed E-state index contributed by atoms with van der Waals surface area (Å²) in [6, 6.07) is 7.71. The maximum Gasteiger partial charge on any atom is 0.182 e. The van der Waals surface area contributed by atoms with Gasteiger partial charge in [0.1, 0.15) is 0 Å². The van der Waals surface area contributed by atoms with E-state index in [0.29, 0.717) is 0 Å². The van der Waals surface area contributed by atoms with E-state index in [1.165, 1.54) is 0 Å². The van der Waals surface area contributed by atoms with Crippen LogP contribution in [-0.2, 0) is 6.54 Å². The molecule has 3 heteroatoms. The monoisotopic (exact) mass is 146 g/mol. The quantitative estimate of drug-likeness (QED) is 0.493. The Morgan fingerprint density at radius 2 is 2.27 bits per heavy atom. The average Bonchev–Trinajstić information content (AvgIpc) is 1.85. The molecule has 0 atom stereocenters. The van der Waals surface area contributed by atoms with Crippen molar-refractivity contribution in [3.8, 4) is 0 Å². The summed E-state index contributed by atoms with van der Waals surface area (Å²) in [5, 5.41) is 0. The topological polar surface area (TPSA) is 29.3 Å². The standard InChI is InChI=1S/C8H11BN2/c1-11(9)6-7-3-2-4-8(10)5-7/h2-5H,6,10H2,1H3. The molecule has 1 aromatic rings. The van der Waals surface area contributed by atoms with E-state index in [9.17, 15) is 0 Å². The normalized spacial score (nSPS) is 10.4. The van der Waals surface area contributed by atoms with Crippen LogP contribution in [0.1, 0.15) is 5.56 Å². The first-order chi connectivity index (χ1) is 5.18. The Labute approximate surface area is 68.4 Å². The van der Waals surface area contributed by atoms with Gasteiger partial charge >= 0.3 is 0 Å². The number of anilines is 1. The molecule has 1 aromatic carbocycles. The first-order valence-electron chi connectivity index (χ1n) is 3.49. The van der Waals surface area contributed by atoms with E-state index in [4.69, 9.17) is 13.7 Å². The molecule has 0 spiro atoms. The maximum absolute atomic E-state index is 5.57. The molecule has 11 heavy (non-hydrogen) atoms. The lowest BCUT2D eigenvalue weighted by Crippen LogP contribution is -2.12. The summed E-state index contributed by atoms with van der Waals surface area (Å²) in [5.41, 5.74) is 7.49. The molecule has 0 aliphatic carbocycles. The van der Waals surface area contributed by atoms with Crippen LogP contribution in [0.25, 0.3) is 0 Å². The van der Waals surface area contributed by atoms with Gasteiger partial charge in [-0.15, -0.1) is 0 Å². The minimum Gasteiger partial charge on any atom is -0.399 e. The first kappa shape index (κ1) is 8.14. The highest BCUT2D eigenvalue weighted by molar-refractivity contribution is 6.04. The molecule has 2 nitrogen and oxygen atoms in total. The maximum atomic E-state index is 5.57. The molecule has 2 radical (unpaired) electrons. The van der Waals surface area contributed by atoms with Crippen molar-refractivity contribution in [3.05, 3.63) is 29.8 Å². The molecular formula is C8H11BN2. The molecule has 0 aromatic heterocycles. The lowest BCUT2D eigenvalue weighted by molar-refractivity contribution is 0.544. The number of hydrogen-bond acceptors (Lipinski definition) is 2. The van der Waals surface area contributed by atoms with Crippen LogP contribution < -0.4 is 5.73 Å². The average molecular weight is 146 g/mol. The van der Waals surface area contributed by atoms with Crippen LogP contribution in [0.15, 0.2) is 24.3 Å². The van der Waals surface area contributed by atoms with E-state index in [-0.39, 0.29) is 0 Å². The number of nitrogen functional groups attached to an aromatic ring is 1. The Balaban J connectivity index is 2.71. The summed E-state index contributed by atoms with van der Waals surface area (Å²) in [4.78, 5) is 1.62. The summed E-state index contributed by atoms with van der Waals surface area (Å²) in [6.07, 6.45) is 0. The van der Waals surface area contributed by atoms with Crippen molar-refractivity contribution in [2.75, 3.05) is 12.8 Å². The zero-order valence-electron chi connectivity index (χ0n) is 6.62. The minimum atomic E-state index is 0.727. The SMILES string of the molecule is [B]N(C)Cc1cccc(N)c1. The highest BCUT2D eigenvalue weighted by Crippen LogP contribution is 2.07. The van der Waals surface area contributed by atoms with Gasteiger partial charge in [0.2, 0.25) is 0 Å². The third-order valence-electron chi connectivity index (χ3n) is 1.38. The second kappa shape index (κ2) is 3.44. The number of hydrogen-bond donors (Lipinski definition) is 1. The van der Waals surface area contributed by atoms with Crippen molar-refractivity contribution < 1.29 is 0 Å². The summed E-state index contributed by atoms with van der Waals surface area (Å²) in [5.74, 6) is 0. The van der Waals surface area contributed by atoms with Gasteiger partial charge in [-0.25, -0.2) is 0 Å². The number of benzene rings is 1. The third kappa shape index (κ3) is 2.64. The zero-order chi connectivity index (χ0) is 8.27. The summed E-state index contributed by atoms with van der Waals surface area (Å²) in [7, 11) is 7.29. The first-order valence-corrected chi connectivity index (χ1v) is 3.49. The van der Waals surface area contributed by atoms with Crippen molar-refractivity contribution in [3.63, 3.8) is 0 Å². The molecule has 0 saturated heterocycles. The third-order valence-corrected chi connectivity index (χ3v) is 1.38. The second-order valence-corrected chi connectivity index (χ2v) is 2.66. The van der Waals surface area contributed by atoms with Crippen LogP contribution in [0.3, 0.4) is 0 Å². The van der Waals surface area contributed by atoms with Crippen LogP contribution in [-0.4, -0.2) is 19.8 Å². The Morgan fingerprint density at radius 1 is 1.55 bits per heavy atom. The van der Waals surface area contributed by atoms with E-state index in [1.54, 1.807) is 4.81 Å². The molecule has 0 unspecified atom stereocenters. The molecule has 0 aliphatic heterocycles. The predicted molar refractivity (Wildman–Crippen MR) is 48.1 cm³/mol. The van der Waals surface area contributed by atoms with Gasteiger partial charge in [0.05, 0.1) is 0 Å². The van der Waals surface area contributed by atoms with E-state index < -0.39 is 0 Å². The van der Waals surface area contributed by atoms with Crippen molar-refractivity contribution in [1.82, 2.24) is 4.81 Å². The smallest absolute Gasteiger partial charge is 0.182 e. The van der Waals surface area contributed by atoms with Gasteiger partial charge in [-0.1, -0.05) is 12.1 Å². The molecule has 0 bridgehead atoms. The van der Waals surface area contributed by atoms with Gasteiger partial charge in [-0.2, -0.15) is 0 Å². The van der Waals surface area contributed by atoms with Crippen LogP contribution in [0.2, 0.25) is 0 Å². The van der Waals surface area contributed by atoms with Crippen molar-refractivity contribution in [2.45, 2.75) is 6.54 Å². The molecular weight excluding hydrogens is 135 g/mol. The van der Waals surface area contributed by atoms with Crippen molar-refractivity contribution >= 4 is 13.7 Å². The van der Waals surface area contributed by atoms with E-state index in [2.05, 4.69) is 0 Å². The van der Waals surface area contributed by atoms with Gasteiger partial charge in [0.25, 0.3) is 0 Å². The van der Waals surface area contributed by atoms with Crippen molar-refractivity contribution in [2.24, 2.45) is 0 Å². The molecule has 2 N–H and O–H groups in total. The molecule has 0 amide bonds. The van der Waals surface area contributed by atoms with E-state index >= 15 is 0 Å². The zero-order valence-corrected chi connectivity index (χ0v) is 6.62. The largest absolute Gasteiger partial charge is 0.399 e. The summed E-state index contributed by atoms with van der Waals surface area (Å²) < 4.78 is 0. The van der Waals surface area contributed by atoms with E-state index in [0.717, 1.165) is 17.8 Å². The molecule has 1 rings (SSSR count).